The van der Waals surface area contributed by atoms with E-state index in [1.165, 1.54) is 41.5 Å². The van der Waals surface area contributed by atoms with Gasteiger partial charge >= 0.3 is 5.97 Å². The monoisotopic (exact) mass is 390 g/mol. The average molecular weight is 391 g/mol. The number of amides is 1. The first-order valence-corrected chi connectivity index (χ1v) is 10.4. The molecular weight excluding hydrogens is 368 g/mol. The Morgan fingerprint density at radius 3 is 2.85 bits per heavy atom. The van der Waals surface area contributed by atoms with Crippen molar-refractivity contribution in [2.75, 3.05) is 23.9 Å². The summed E-state index contributed by atoms with van der Waals surface area (Å²) in [5, 5.41) is 3.53. The van der Waals surface area contributed by atoms with Crippen LogP contribution in [0.4, 0.5) is 10.7 Å². The molecule has 1 aromatic carbocycles. The van der Waals surface area contributed by atoms with Crippen LogP contribution >= 0.6 is 23.1 Å². The Balaban J connectivity index is 1.74. The van der Waals surface area contributed by atoms with Gasteiger partial charge in [-0.05, 0) is 49.4 Å². The lowest BCUT2D eigenvalue weighted by Gasteiger charge is -2.07. The second-order valence-electron chi connectivity index (χ2n) is 6.17. The summed E-state index contributed by atoms with van der Waals surface area (Å²) in [5.74, 6) is -0.255. The molecule has 3 rings (SSSR count). The van der Waals surface area contributed by atoms with Crippen molar-refractivity contribution < 1.29 is 14.3 Å². The topological polar surface area (TPSA) is 81.4 Å². The molecule has 0 atom stereocenters. The van der Waals surface area contributed by atoms with E-state index in [2.05, 4.69) is 5.32 Å². The van der Waals surface area contributed by atoms with Crippen LogP contribution in [-0.2, 0) is 22.4 Å². The van der Waals surface area contributed by atoms with Crippen LogP contribution in [0, 0.1) is 0 Å². The number of nitrogens with one attached hydrogen (secondary N) is 1. The molecule has 138 valence electrons. The fourth-order valence-corrected chi connectivity index (χ4v) is 5.12. The van der Waals surface area contributed by atoms with Crippen molar-refractivity contribution in [2.45, 2.75) is 37.0 Å². The third-order valence-corrected chi connectivity index (χ3v) is 6.49. The van der Waals surface area contributed by atoms with Gasteiger partial charge in [0.1, 0.15) is 5.00 Å². The number of hydrogen-bond donors (Lipinski definition) is 2. The van der Waals surface area contributed by atoms with Gasteiger partial charge in [0, 0.05) is 15.5 Å². The summed E-state index contributed by atoms with van der Waals surface area (Å²) in [5.41, 5.74) is 8.03. The molecule has 1 aliphatic carbocycles. The van der Waals surface area contributed by atoms with Gasteiger partial charge in [-0.15, -0.1) is 23.1 Å². The van der Waals surface area contributed by atoms with E-state index in [0.717, 1.165) is 36.1 Å². The van der Waals surface area contributed by atoms with E-state index >= 15 is 0 Å². The van der Waals surface area contributed by atoms with E-state index in [9.17, 15) is 9.59 Å². The van der Waals surface area contributed by atoms with Gasteiger partial charge in [0.15, 0.2) is 0 Å². The normalized spacial score (nSPS) is 13.6. The Bertz CT molecular complexity index is 817. The summed E-state index contributed by atoms with van der Waals surface area (Å²) in [6.45, 7) is 0. The SMILES string of the molecule is COC(=O)c1c(NC(=O)CSc2cccc(N)c2)sc2c1CCCCC2. The van der Waals surface area contributed by atoms with Crippen molar-refractivity contribution >= 4 is 45.7 Å². The van der Waals surface area contributed by atoms with Gasteiger partial charge in [-0.25, -0.2) is 4.79 Å². The summed E-state index contributed by atoms with van der Waals surface area (Å²) < 4.78 is 4.96. The zero-order valence-corrected chi connectivity index (χ0v) is 16.3. The number of thioether (sulfide) groups is 1. The Kier molecular flexibility index (Phi) is 6.21. The molecule has 5 nitrogen and oxygen atoms in total. The maximum atomic E-state index is 12.4. The lowest BCUT2D eigenvalue weighted by atomic mass is 10.1. The van der Waals surface area contributed by atoms with Gasteiger partial charge < -0.3 is 15.8 Å². The molecule has 1 heterocycles. The van der Waals surface area contributed by atoms with Gasteiger partial charge in [0.05, 0.1) is 18.4 Å². The van der Waals surface area contributed by atoms with Gasteiger partial charge in [-0.1, -0.05) is 12.5 Å². The van der Waals surface area contributed by atoms with Crippen molar-refractivity contribution in [1.82, 2.24) is 0 Å². The number of carbonyl (C=O) groups is 2. The van der Waals surface area contributed by atoms with Crippen LogP contribution in [0.25, 0.3) is 0 Å². The molecule has 0 fully saturated rings. The van der Waals surface area contributed by atoms with Crippen molar-refractivity contribution in [3.63, 3.8) is 0 Å². The highest BCUT2D eigenvalue weighted by atomic mass is 32.2. The van der Waals surface area contributed by atoms with Gasteiger partial charge in [-0.2, -0.15) is 0 Å². The van der Waals surface area contributed by atoms with Crippen molar-refractivity contribution in [3.05, 3.63) is 40.3 Å². The van der Waals surface area contributed by atoms with E-state index < -0.39 is 0 Å². The van der Waals surface area contributed by atoms with Crippen LogP contribution in [-0.4, -0.2) is 24.7 Å². The molecule has 2 aromatic rings. The molecule has 26 heavy (non-hydrogen) atoms. The predicted molar refractivity (Wildman–Crippen MR) is 107 cm³/mol. The zero-order chi connectivity index (χ0) is 18.5. The standard InChI is InChI=1S/C19H22N2O3S2/c1-24-19(23)17-14-8-3-2-4-9-15(14)26-18(17)21-16(22)11-25-13-7-5-6-12(20)10-13/h5-7,10H,2-4,8-9,11,20H2,1H3,(H,21,22). The predicted octanol–water partition coefficient (Wildman–Crippen LogP) is 4.12. The largest absolute Gasteiger partial charge is 0.465 e. The Morgan fingerprint density at radius 1 is 1.27 bits per heavy atom. The number of nitrogens with two attached hydrogens (primary N) is 1. The molecule has 0 unspecified atom stereocenters. The number of aryl methyl sites for hydroxylation is 1. The second kappa shape index (κ2) is 8.60. The number of nitrogen functional groups attached to an aromatic ring is 1. The first-order chi connectivity index (χ1) is 12.6. The number of carbonyl (C=O) groups excluding carboxylic acids is 2. The van der Waals surface area contributed by atoms with Crippen molar-refractivity contribution in [2.24, 2.45) is 0 Å². The van der Waals surface area contributed by atoms with E-state index in [-0.39, 0.29) is 17.6 Å². The first kappa shape index (κ1) is 18.8. The van der Waals surface area contributed by atoms with Gasteiger partial charge in [0.25, 0.3) is 0 Å². The molecule has 0 aliphatic heterocycles. The number of hydrogen-bond acceptors (Lipinski definition) is 6. The minimum atomic E-state index is -0.372. The quantitative estimate of drug-likeness (QED) is 0.347. The molecule has 0 bridgehead atoms. The lowest BCUT2D eigenvalue weighted by Crippen LogP contribution is -2.16. The molecule has 7 heteroatoms. The third kappa shape index (κ3) is 4.40. The zero-order valence-electron chi connectivity index (χ0n) is 14.7. The molecule has 0 saturated carbocycles. The smallest absolute Gasteiger partial charge is 0.341 e. The van der Waals surface area contributed by atoms with Crippen molar-refractivity contribution in [1.29, 1.82) is 0 Å². The summed E-state index contributed by atoms with van der Waals surface area (Å²) >= 11 is 2.93. The number of methoxy groups -OCH3 is 1. The van der Waals surface area contributed by atoms with Gasteiger partial charge in [-0.3, -0.25) is 4.79 Å². The third-order valence-electron chi connectivity index (χ3n) is 4.29. The maximum Gasteiger partial charge on any atom is 0.341 e. The van der Waals surface area contributed by atoms with Crippen LogP contribution in [0.3, 0.4) is 0 Å². The number of anilines is 2. The molecule has 0 saturated heterocycles. The molecule has 1 amide bonds. The Labute approximate surface area is 161 Å². The molecule has 1 aromatic heterocycles. The lowest BCUT2D eigenvalue weighted by molar-refractivity contribution is -0.113. The number of benzene rings is 1. The summed E-state index contributed by atoms with van der Waals surface area (Å²) in [4.78, 5) is 26.8. The average Bonchev–Trinajstić information content (AvgIpc) is 2.80. The number of thiophene rings is 1. The number of rotatable bonds is 5. The minimum Gasteiger partial charge on any atom is -0.465 e. The molecule has 1 aliphatic rings. The molecule has 0 radical (unpaired) electrons. The van der Waals surface area contributed by atoms with Crippen LogP contribution in [0.2, 0.25) is 0 Å². The fraction of sp³-hybridized carbons (Fsp3) is 0.368. The second-order valence-corrected chi connectivity index (χ2v) is 8.32. The van der Waals surface area contributed by atoms with E-state index in [1.807, 2.05) is 24.3 Å². The first-order valence-electron chi connectivity index (χ1n) is 8.59. The minimum absolute atomic E-state index is 0.140. The maximum absolute atomic E-state index is 12.4. The highest BCUT2D eigenvalue weighted by Gasteiger charge is 2.26. The van der Waals surface area contributed by atoms with Crippen LogP contribution in [0.5, 0.6) is 0 Å². The fourth-order valence-electron chi connectivity index (χ4n) is 3.06. The summed E-state index contributed by atoms with van der Waals surface area (Å²) in [6, 6.07) is 7.43. The van der Waals surface area contributed by atoms with E-state index in [0.29, 0.717) is 16.3 Å². The number of ether oxygens (including phenoxy) is 1. The van der Waals surface area contributed by atoms with Gasteiger partial charge in [0.2, 0.25) is 5.91 Å². The Morgan fingerprint density at radius 2 is 2.08 bits per heavy atom. The summed E-state index contributed by atoms with van der Waals surface area (Å²) in [7, 11) is 1.38. The van der Waals surface area contributed by atoms with Crippen LogP contribution in [0.15, 0.2) is 29.2 Å². The summed E-state index contributed by atoms with van der Waals surface area (Å²) in [6.07, 6.45) is 5.17. The highest BCUT2D eigenvalue weighted by molar-refractivity contribution is 8.00. The molecule has 3 N–H and O–H groups in total. The highest BCUT2D eigenvalue weighted by Crippen LogP contribution is 2.38. The van der Waals surface area contributed by atoms with E-state index in [4.69, 9.17) is 10.5 Å². The van der Waals surface area contributed by atoms with Crippen LogP contribution < -0.4 is 11.1 Å². The Hall–Kier alpha value is -1.99. The number of esters is 1. The number of fused-ring (bicyclic) bond motifs is 1. The van der Waals surface area contributed by atoms with Crippen molar-refractivity contribution in [3.8, 4) is 0 Å². The molecular formula is C19H22N2O3S2. The van der Waals surface area contributed by atoms with Crippen LogP contribution in [0.1, 0.15) is 40.1 Å². The van der Waals surface area contributed by atoms with E-state index in [1.54, 1.807) is 0 Å². The molecule has 0 spiro atoms.